The van der Waals surface area contributed by atoms with Crippen molar-refractivity contribution in [1.82, 2.24) is 0 Å². The van der Waals surface area contributed by atoms with E-state index in [-0.39, 0.29) is 17.6 Å². The Kier molecular flexibility index (Phi) is 4.55. The highest BCUT2D eigenvalue weighted by Gasteiger charge is 2.45. The number of rotatable bonds is 2. The third kappa shape index (κ3) is 2.98. The number of carbonyl (C=O) groups excluding carboxylic acids is 2. The molecule has 0 saturated carbocycles. The summed E-state index contributed by atoms with van der Waals surface area (Å²) in [5.74, 6) is -1.45. The molecule has 7 heteroatoms. The molecule has 2 atom stereocenters. The molecular formula is C10H11BrClFO4. The van der Waals surface area contributed by atoms with Gasteiger partial charge in [0.2, 0.25) is 5.13 Å². The third-order valence-corrected chi connectivity index (χ3v) is 4.19. The number of hydrogen-bond donors (Lipinski definition) is 0. The van der Waals surface area contributed by atoms with E-state index in [1.807, 2.05) is 0 Å². The third-order valence-electron chi connectivity index (χ3n) is 2.48. The second-order valence-corrected chi connectivity index (χ2v) is 5.28. The van der Waals surface area contributed by atoms with E-state index in [4.69, 9.17) is 11.6 Å². The minimum absolute atomic E-state index is 0.0306. The van der Waals surface area contributed by atoms with Crippen LogP contribution in [0.25, 0.3) is 0 Å². The molecular weight excluding hydrogens is 318 g/mol. The van der Waals surface area contributed by atoms with Crippen LogP contribution in [0.15, 0.2) is 11.1 Å². The fourth-order valence-electron chi connectivity index (χ4n) is 1.55. The van der Waals surface area contributed by atoms with Gasteiger partial charge in [-0.2, -0.15) is 0 Å². The lowest BCUT2D eigenvalue weighted by Gasteiger charge is -2.30. The molecule has 2 unspecified atom stereocenters. The van der Waals surface area contributed by atoms with Gasteiger partial charge in [-0.05, 0) is 6.42 Å². The highest BCUT2D eigenvalue weighted by Crippen LogP contribution is 2.43. The molecule has 0 aromatic heterocycles. The van der Waals surface area contributed by atoms with E-state index in [0.717, 1.165) is 7.11 Å². The number of alkyl halides is 3. The van der Waals surface area contributed by atoms with Crippen LogP contribution < -0.4 is 0 Å². The second-order valence-electron chi connectivity index (χ2n) is 3.55. The molecule has 0 aliphatic heterocycles. The van der Waals surface area contributed by atoms with Crippen LogP contribution in [0.1, 0.15) is 12.8 Å². The zero-order valence-electron chi connectivity index (χ0n) is 9.26. The minimum Gasteiger partial charge on any atom is -0.466 e. The molecule has 0 radical (unpaired) electrons. The van der Waals surface area contributed by atoms with Crippen molar-refractivity contribution in [1.29, 1.82) is 0 Å². The van der Waals surface area contributed by atoms with Gasteiger partial charge in [-0.3, -0.25) is 0 Å². The van der Waals surface area contributed by atoms with Crippen LogP contribution in [0.5, 0.6) is 0 Å². The van der Waals surface area contributed by atoms with Crippen LogP contribution in [-0.2, 0) is 19.1 Å². The van der Waals surface area contributed by atoms with Crippen molar-refractivity contribution in [3.8, 4) is 0 Å². The lowest BCUT2D eigenvalue weighted by Crippen LogP contribution is -2.36. The van der Waals surface area contributed by atoms with Gasteiger partial charge in [-0.1, -0.05) is 27.5 Å². The Labute approximate surface area is 111 Å². The number of esters is 2. The molecule has 0 amide bonds. The molecule has 0 aromatic rings. The predicted octanol–water partition coefficient (Wildman–Crippen LogP) is 2.09. The number of ether oxygens (including phenoxy) is 2. The summed E-state index contributed by atoms with van der Waals surface area (Å²) in [7, 11) is 2.34. The molecule has 0 aromatic carbocycles. The first kappa shape index (κ1) is 14.4. The maximum Gasteiger partial charge on any atom is 0.334 e. The van der Waals surface area contributed by atoms with E-state index >= 15 is 0 Å². The van der Waals surface area contributed by atoms with Gasteiger partial charge in [-0.25, -0.2) is 14.0 Å². The number of methoxy groups -OCH3 is 2. The van der Waals surface area contributed by atoms with E-state index in [1.54, 1.807) is 0 Å². The highest BCUT2D eigenvalue weighted by molar-refractivity contribution is 9.09. The van der Waals surface area contributed by atoms with Crippen LogP contribution in [0, 0.1) is 0 Å². The molecule has 0 fully saturated rings. The Morgan fingerprint density at radius 2 is 1.82 bits per heavy atom. The van der Waals surface area contributed by atoms with Crippen molar-refractivity contribution in [3.05, 3.63) is 11.1 Å². The van der Waals surface area contributed by atoms with E-state index < -0.39 is 28.3 Å². The summed E-state index contributed by atoms with van der Waals surface area (Å²) in [5, 5.41) is -2.12. The van der Waals surface area contributed by atoms with Gasteiger partial charge in [0, 0.05) is 12.0 Å². The van der Waals surface area contributed by atoms with Crippen molar-refractivity contribution in [2.75, 3.05) is 14.2 Å². The molecule has 17 heavy (non-hydrogen) atoms. The average Bonchev–Trinajstić information content (AvgIpc) is 2.30. The Bertz CT molecular complexity index is 381. The summed E-state index contributed by atoms with van der Waals surface area (Å²) in [6.45, 7) is 0. The summed E-state index contributed by atoms with van der Waals surface area (Å²) in [5.41, 5.74) is 0.0164. The molecule has 4 nitrogen and oxygen atoms in total. The summed E-state index contributed by atoms with van der Waals surface area (Å²) in [4.78, 5) is 22.2. The number of carbonyl (C=O) groups is 2. The van der Waals surface area contributed by atoms with Crippen LogP contribution in [0.3, 0.4) is 0 Å². The maximum absolute atomic E-state index is 13.9. The van der Waals surface area contributed by atoms with Crippen molar-refractivity contribution in [2.24, 2.45) is 0 Å². The zero-order chi connectivity index (χ0) is 13.2. The monoisotopic (exact) mass is 328 g/mol. The Hall–Kier alpha value is -0.620. The molecule has 0 saturated heterocycles. The smallest absolute Gasteiger partial charge is 0.334 e. The molecule has 1 aliphatic rings. The molecule has 0 heterocycles. The van der Waals surface area contributed by atoms with Gasteiger partial charge in [0.1, 0.15) is 0 Å². The first-order valence-electron chi connectivity index (χ1n) is 4.74. The van der Waals surface area contributed by atoms with Gasteiger partial charge < -0.3 is 9.47 Å². The van der Waals surface area contributed by atoms with Crippen molar-refractivity contribution < 1.29 is 23.5 Å². The number of hydrogen-bond acceptors (Lipinski definition) is 4. The first-order valence-corrected chi connectivity index (χ1v) is 6.03. The molecule has 0 bridgehead atoms. The van der Waals surface area contributed by atoms with Gasteiger partial charge in [-0.15, -0.1) is 0 Å². The lowest BCUT2D eigenvalue weighted by molar-refractivity contribution is -0.140. The molecule has 0 N–H and O–H groups in total. The second kappa shape index (κ2) is 5.35. The fourth-order valence-corrected chi connectivity index (χ4v) is 2.25. The van der Waals surface area contributed by atoms with E-state index in [2.05, 4.69) is 25.4 Å². The predicted molar refractivity (Wildman–Crippen MR) is 62.7 cm³/mol. The van der Waals surface area contributed by atoms with Crippen LogP contribution >= 0.6 is 27.5 Å². The minimum atomic E-state index is -2.12. The largest absolute Gasteiger partial charge is 0.466 e. The maximum atomic E-state index is 13.9. The van der Waals surface area contributed by atoms with Crippen LogP contribution in [-0.4, -0.2) is 36.1 Å². The molecule has 96 valence electrons. The Balaban J connectivity index is 3.18. The van der Waals surface area contributed by atoms with Crippen LogP contribution in [0.2, 0.25) is 0 Å². The van der Waals surface area contributed by atoms with Gasteiger partial charge >= 0.3 is 11.9 Å². The van der Waals surface area contributed by atoms with E-state index in [1.165, 1.54) is 7.11 Å². The summed E-state index contributed by atoms with van der Waals surface area (Å²) < 4.78 is 22.9. The Morgan fingerprint density at radius 1 is 1.35 bits per heavy atom. The molecule has 1 rings (SSSR count). The van der Waals surface area contributed by atoms with E-state index in [0.29, 0.717) is 0 Å². The van der Waals surface area contributed by atoms with Crippen molar-refractivity contribution >= 4 is 39.5 Å². The van der Waals surface area contributed by atoms with Gasteiger partial charge in [0.25, 0.3) is 0 Å². The summed E-state index contributed by atoms with van der Waals surface area (Å²) in [6.07, 6.45) is -0.432. The highest BCUT2D eigenvalue weighted by atomic mass is 79.9. The SMILES string of the molecule is COC(=O)C1=C(C(=O)OC)CC(F)(Cl)C(Br)C1. The van der Waals surface area contributed by atoms with E-state index in [9.17, 15) is 14.0 Å². The number of halogens is 3. The first-order chi connectivity index (χ1) is 7.83. The summed E-state index contributed by atoms with van der Waals surface area (Å²) in [6, 6.07) is 0. The fraction of sp³-hybridized carbons (Fsp3) is 0.600. The Morgan fingerprint density at radius 3 is 2.29 bits per heavy atom. The van der Waals surface area contributed by atoms with Crippen molar-refractivity contribution in [2.45, 2.75) is 22.8 Å². The van der Waals surface area contributed by atoms with Gasteiger partial charge in [0.05, 0.1) is 24.6 Å². The average molecular weight is 330 g/mol. The molecule has 0 spiro atoms. The lowest BCUT2D eigenvalue weighted by atomic mass is 9.90. The standard InChI is InChI=1S/C10H11BrClFO4/c1-16-8(14)5-3-7(11)10(12,13)4-6(5)9(15)17-2/h7H,3-4H2,1-2H3. The van der Waals surface area contributed by atoms with Crippen molar-refractivity contribution in [3.63, 3.8) is 0 Å². The van der Waals surface area contributed by atoms with Gasteiger partial charge in [0.15, 0.2) is 0 Å². The molecule has 1 aliphatic carbocycles. The quantitative estimate of drug-likeness (QED) is 0.575. The summed E-state index contributed by atoms with van der Waals surface area (Å²) >= 11 is 8.67. The normalized spacial score (nSPS) is 28.9. The zero-order valence-corrected chi connectivity index (χ0v) is 11.6. The van der Waals surface area contributed by atoms with Crippen LogP contribution in [0.4, 0.5) is 4.39 Å². The topological polar surface area (TPSA) is 52.6 Å².